The Balaban J connectivity index is 2.61. The Morgan fingerprint density at radius 1 is 1.04 bits per heavy atom. The van der Waals surface area contributed by atoms with Gasteiger partial charge in [-0.15, -0.1) is 0 Å². The second-order valence-corrected chi connectivity index (χ2v) is 6.03. The molecule has 0 bridgehead atoms. The number of nitrogens with zero attached hydrogens (tertiary/aromatic N) is 3. The van der Waals surface area contributed by atoms with Crippen molar-refractivity contribution in [1.82, 2.24) is 9.55 Å². The molecule has 0 radical (unpaired) electrons. The Hall–Kier alpha value is -2.56. The molecule has 2 aromatic rings. The van der Waals surface area contributed by atoms with Crippen molar-refractivity contribution in [2.45, 2.75) is 37.7 Å². The van der Waals surface area contributed by atoms with E-state index in [1.807, 2.05) is 0 Å². The van der Waals surface area contributed by atoms with E-state index in [1.165, 1.54) is 10.8 Å². The summed E-state index contributed by atoms with van der Waals surface area (Å²) in [6, 6.07) is 3.06. The van der Waals surface area contributed by atoms with Crippen LogP contribution in [0.25, 0.3) is 5.69 Å². The molecule has 1 aromatic carbocycles. The average molecular weight is 395 g/mol. The molecular weight excluding hydrogens is 380 g/mol. The highest BCUT2D eigenvalue weighted by atomic mass is 19.4. The molecule has 2 N–H and O–H groups in total. The van der Waals surface area contributed by atoms with Gasteiger partial charge in [0, 0.05) is 17.2 Å². The Morgan fingerprint density at radius 2 is 1.56 bits per heavy atom. The van der Waals surface area contributed by atoms with Crippen LogP contribution in [0.2, 0.25) is 0 Å². The molecule has 0 atom stereocenters. The smallest absolute Gasteiger partial charge is 0.411 e. The van der Waals surface area contributed by atoms with Crippen LogP contribution in [0.3, 0.4) is 0 Å². The van der Waals surface area contributed by atoms with Gasteiger partial charge in [0.25, 0.3) is 5.60 Å². The van der Waals surface area contributed by atoms with Gasteiger partial charge in [0.1, 0.15) is 5.82 Å². The van der Waals surface area contributed by atoms with Crippen molar-refractivity contribution in [3.63, 3.8) is 0 Å². The standard InChI is InChI=1S/C16H15F6N3O2/c1-9(2)13-23-7-12(8-24-27)25(13)11-5-3-10(4-6-11)14(26,15(17,18)19)16(20,21)22/h3-9,26-27H,1-2H3. The van der Waals surface area contributed by atoms with E-state index in [1.54, 1.807) is 13.8 Å². The second-order valence-electron chi connectivity index (χ2n) is 6.03. The SMILES string of the molecule is CC(C)c1ncc(C=NO)n1-c1ccc(C(O)(C(F)(F)F)C(F)(F)F)cc1. The highest BCUT2D eigenvalue weighted by molar-refractivity contribution is 5.77. The van der Waals surface area contributed by atoms with Crippen LogP contribution in [0.5, 0.6) is 0 Å². The van der Waals surface area contributed by atoms with Gasteiger partial charge < -0.3 is 10.3 Å². The molecule has 0 amide bonds. The monoisotopic (exact) mass is 395 g/mol. The number of alkyl halides is 6. The zero-order chi connectivity index (χ0) is 20.6. The Kier molecular flexibility index (Phi) is 5.28. The zero-order valence-electron chi connectivity index (χ0n) is 14.0. The minimum Gasteiger partial charge on any atom is -0.411 e. The van der Waals surface area contributed by atoms with Gasteiger partial charge in [-0.25, -0.2) is 4.98 Å². The molecule has 0 saturated heterocycles. The van der Waals surface area contributed by atoms with Crippen molar-refractivity contribution in [1.29, 1.82) is 0 Å². The highest BCUT2D eigenvalue weighted by Crippen LogP contribution is 2.50. The molecule has 2 rings (SSSR count). The first-order valence-corrected chi connectivity index (χ1v) is 7.56. The van der Waals surface area contributed by atoms with Gasteiger partial charge in [0.15, 0.2) is 0 Å². The van der Waals surface area contributed by atoms with Crippen LogP contribution in [0, 0.1) is 0 Å². The number of aliphatic hydroxyl groups is 1. The fraction of sp³-hybridized carbons (Fsp3) is 0.375. The van der Waals surface area contributed by atoms with Gasteiger partial charge in [0.2, 0.25) is 0 Å². The van der Waals surface area contributed by atoms with Crippen LogP contribution >= 0.6 is 0 Å². The first-order chi connectivity index (χ1) is 12.3. The summed E-state index contributed by atoms with van der Waals surface area (Å²) < 4.78 is 79.2. The summed E-state index contributed by atoms with van der Waals surface area (Å²) in [5.74, 6) is 0.298. The van der Waals surface area contributed by atoms with E-state index in [0.717, 1.165) is 18.3 Å². The normalized spacial score (nSPS) is 13.7. The summed E-state index contributed by atoms with van der Waals surface area (Å²) >= 11 is 0. The van der Waals surface area contributed by atoms with E-state index in [2.05, 4.69) is 10.1 Å². The molecule has 27 heavy (non-hydrogen) atoms. The molecule has 0 fully saturated rings. The average Bonchev–Trinajstić information content (AvgIpc) is 2.96. The fourth-order valence-corrected chi connectivity index (χ4v) is 2.56. The fourth-order valence-electron chi connectivity index (χ4n) is 2.56. The largest absolute Gasteiger partial charge is 0.430 e. The molecule has 0 aliphatic heterocycles. The van der Waals surface area contributed by atoms with Crippen LogP contribution < -0.4 is 0 Å². The minimum absolute atomic E-state index is 0.146. The van der Waals surface area contributed by atoms with Gasteiger partial charge in [-0.3, -0.25) is 4.57 Å². The Bertz CT molecular complexity index is 808. The van der Waals surface area contributed by atoms with Crippen LogP contribution in [0.15, 0.2) is 35.6 Å². The van der Waals surface area contributed by atoms with Crippen molar-refractivity contribution < 1.29 is 36.7 Å². The summed E-state index contributed by atoms with van der Waals surface area (Å²) in [6.45, 7) is 3.55. The summed E-state index contributed by atoms with van der Waals surface area (Å²) in [5, 5.41) is 21.0. The van der Waals surface area contributed by atoms with Crippen molar-refractivity contribution in [2.24, 2.45) is 5.16 Å². The molecule has 0 unspecified atom stereocenters. The lowest BCUT2D eigenvalue weighted by atomic mass is 9.92. The predicted molar refractivity (Wildman–Crippen MR) is 83.0 cm³/mol. The number of hydrogen-bond acceptors (Lipinski definition) is 4. The van der Waals surface area contributed by atoms with E-state index in [0.29, 0.717) is 18.0 Å². The Morgan fingerprint density at radius 3 is 1.96 bits per heavy atom. The van der Waals surface area contributed by atoms with Gasteiger partial charge in [-0.2, -0.15) is 26.3 Å². The molecule has 0 aliphatic carbocycles. The molecule has 0 aliphatic rings. The highest BCUT2D eigenvalue weighted by Gasteiger charge is 2.71. The molecule has 0 spiro atoms. The van der Waals surface area contributed by atoms with Crippen LogP contribution in [0.1, 0.15) is 36.8 Å². The van der Waals surface area contributed by atoms with E-state index >= 15 is 0 Å². The van der Waals surface area contributed by atoms with Gasteiger partial charge >= 0.3 is 12.4 Å². The summed E-state index contributed by atoms with van der Waals surface area (Å²) in [6.07, 6.45) is -9.56. The maximum absolute atomic E-state index is 13.0. The van der Waals surface area contributed by atoms with Crippen LogP contribution in [-0.2, 0) is 5.60 Å². The Labute approximate surface area is 149 Å². The number of hydrogen-bond donors (Lipinski definition) is 2. The summed E-state index contributed by atoms with van der Waals surface area (Å²) in [4.78, 5) is 4.11. The molecule has 148 valence electrons. The molecular formula is C16H15F6N3O2. The van der Waals surface area contributed by atoms with Crippen LogP contribution in [-0.4, -0.2) is 38.4 Å². The lowest BCUT2D eigenvalue weighted by molar-refractivity contribution is -0.376. The van der Waals surface area contributed by atoms with E-state index in [4.69, 9.17) is 5.21 Å². The number of rotatable bonds is 4. The van der Waals surface area contributed by atoms with Crippen molar-refractivity contribution >= 4 is 6.21 Å². The third-order valence-electron chi connectivity index (χ3n) is 3.89. The van der Waals surface area contributed by atoms with E-state index < -0.39 is 23.5 Å². The number of halogens is 6. The van der Waals surface area contributed by atoms with Crippen molar-refractivity contribution in [3.8, 4) is 5.69 Å². The second kappa shape index (κ2) is 6.87. The first-order valence-electron chi connectivity index (χ1n) is 7.56. The first kappa shape index (κ1) is 20.7. The third-order valence-corrected chi connectivity index (χ3v) is 3.89. The number of oxime groups is 1. The topological polar surface area (TPSA) is 70.6 Å². The number of imidazole rings is 1. The minimum atomic E-state index is -5.96. The number of aromatic nitrogens is 2. The maximum atomic E-state index is 13.0. The summed E-state index contributed by atoms with van der Waals surface area (Å²) in [5.41, 5.74) is -5.92. The zero-order valence-corrected chi connectivity index (χ0v) is 14.0. The lowest BCUT2D eigenvalue weighted by Gasteiger charge is -2.32. The maximum Gasteiger partial charge on any atom is 0.430 e. The molecule has 1 aromatic heterocycles. The number of benzene rings is 1. The molecule has 0 saturated carbocycles. The summed E-state index contributed by atoms with van der Waals surface area (Å²) in [7, 11) is 0. The molecule has 11 heteroatoms. The third kappa shape index (κ3) is 3.51. The van der Waals surface area contributed by atoms with Crippen molar-refractivity contribution in [2.75, 3.05) is 0 Å². The predicted octanol–water partition coefficient (Wildman–Crippen LogP) is 4.12. The molecule has 5 nitrogen and oxygen atoms in total. The van der Waals surface area contributed by atoms with Gasteiger partial charge in [0.05, 0.1) is 18.1 Å². The molecule has 1 heterocycles. The van der Waals surface area contributed by atoms with Gasteiger partial charge in [-0.1, -0.05) is 31.1 Å². The van der Waals surface area contributed by atoms with E-state index in [-0.39, 0.29) is 17.3 Å². The van der Waals surface area contributed by atoms with E-state index in [9.17, 15) is 31.4 Å². The quantitative estimate of drug-likeness (QED) is 0.354. The van der Waals surface area contributed by atoms with Gasteiger partial charge in [-0.05, 0) is 12.1 Å². The van der Waals surface area contributed by atoms with Crippen molar-refractivity contribution in [3.05, 3.63) is 47.5 Å². The lowest BCUT2D eigenvalue weighted by Crippen LogP contribution is -2.53. The van der Waals surface area contributed by atoms with Crippen LogP contribution in [0.4, 0.5) is 26.3 Å².